The minimum absolute atomic E-state index is 0.130. The number of benzene rings is 2. The first-order chi connectivity index (χ1) is 12.7. The van der Waals surface area contributed by atoms with Gasteiger partial charge in [0, 0.05) is 18.2 Å². The summed E-state index contributed by atoms with van der Waals surface area (Å²) in [6.45, 7) is -0.130. The number of hydrogen-bond donors (Lipinski definition) is 0. The van der Waals surface area contributed by atoms with Crippen LogP contribution in [0.15, 0.2) is 48.5 Å². The standard InChI is InChI=1S/C17H16FN5O3S/c1-22(27(2,25)26)15-9-5-12(6-10-15)16(24)11-23-20-17(19-21-23)13-3-7-14(18)8-4-13/h3-10H,11H2,1-2H3. The Kier molecular flexibility index (Phi) is 5.00. The summed E-state index contributed by atoms with van der Waals surface area (Å²) in [4.78, 5) is 13.5. The second kappa shape index (κ2) is 7.23. The van der Waals surface area contributed by atoms with E-state index < -0.39 is 10.0 Å². The monoisotopic (exact) mass is 389 g/mol. The van der Waals surface area contributed by atoms with Crippen LogP contribution in [0.25, 0.3) is 11.4 Å². The molecule has 3 aromatic rings. The Bertz CT molecular complexity index is 1060. The van der Waals surface area contributed by atoms with Gasteiger partial charge in [-0.25, -0.2) is 12.8 Å². The third-order valence-corrected chi connectivity index (χ3v) is 5.10. The second-order valence-electron chi connectivity index (χ2n) is 5.85. The lowest BCUT2D eigenvalue weighted by Crippen LogP contribution is -2.24. The number of ketones is 1. The van der Waals surface area contributed by atoms with E-state index in [0.717, 1.165) is 15.4 Å². The van der Waals surface area contributed by atoms with Gasteiger partial charge in [0.1, 0.15) is 12.4 Å². The number of rotatable bonds is 6. The average Bonchev–Trinajstić information content (AvgIpc) is 3.09. The summed E-state index contributed by atoms with van der Waals surface area (Å²) in [7, 11) is -1.94. The zero-order chi connectivity index (χ0) is 19.6. The van der Waals surface area contributed by atoms with Crippen molar-refractivity contribution >= 4 is 21.5 Å². The van der Waals surface area contributed by atoms with Gasteiger partial charge in [-0.2, -0.15) is 4.80 Å². The van der Waals surface area contributed by atoms with Crippen LogP contribution in [0.3, 0.4) is 0 Å². The normalized spacial score (nSPS) is 11.4. The fourth-order valence-corrected chi connectivity index (χ4v) is 2.80. The van der Waals surface area contributed by atoms with Crippen molar-refractivity contribution in [1.82, 2.24) is 20.2 Å². The van der Waals surface area contributed by atoms with Crippen molar-refractivity contribution in [3.63, 3.8) is 0 Å². The molecule has 0 atom stereocenters. The summed E-state index contributed by atoms with van der Waals surface area (Å²) < 4.78 is 37.2. The van der Waals surface area contributed by atoms with Gasteiger partial charge in [0.2, 0.25) is 15.8 Å². The van der Waals surface area contributed by atoms with Crippen LogP contribution in [0, 0.1) is 5.82 Å². The number of carbonyl (C=O) groups excluding carboxylic acids is 1. The summed E-state index contributed by atoms with van der Waals surface area (Å²) in [6.07, 6.45) is 1.10. The fraction of sp³-hybridized carbons (Fsp3) is 0.176. The van der Waals surface area contributed by atoms with Crippen molar-refractivity contribution in [2.24, 2.45) is 0 Å². The molecule has 1 aromatic heterocycles. The average molecular weight is 389 g/mol. The maximum absolute atomic E-state index is 13.0. The van der Waals surface area contributed by atoms with E-state index in [0.29, 0.717) is 16.8 Å². The molecule has 140 valence electrons. The van der Waals surface area contributed by atoms with E-state index in [1.54, 1.807) is 12.1 Å². The zero-order valence-electron chi connectivity index (χ0n) is 14.6. The number of carbonyl (C=O) groups is 1. The number of hydrogen-bond acceptors (Lipinski definition) is 6. The van der Waals surface area contributed by atoms with E-state index in [1.807, 2.05) is 0 Å². The van der Waals surface area contributed by atoms with Crippen molar-refractivity contribution in [2.45, 2.75) is 6.54 Å². The Morgan fingerprint density at radius 2 is 1.74 bits per heavy atom. The Morgan fingerprint density at radius 3 is 2.33 bits per heavy atom. The molecule has 0 aliphatic carbocycles. The summed E-state index contributed by atoms with van der Waals surface area (Å²) in [5.41, 5.74) is 1.43. The maximum atomic E-state index is 13.0. The van der Waals surface area contributed by atoms with Crippen LogP contribution in [-0.2, 0) is 16.6 Å². The molecule has 2 aromatic carbocycles. The number of Topliss-reactive ketones (excluding diaryl/α,β-unsaturated/α-hetero) is 1. The molecule has 1 heterocycles. The highest BCUT2D eigenvalue weighted by molar-refractivity contribution is 7.92. The summed E-state index contributed by atoms with van der Waals surface area (Å²) in [5.74, 6) is -0.342. The lowest BCUT2D eigenvalue weighted by atomic mass is 10.1. The first-order valence-corrected chi connectivity index (χ1v) is 9.70. The highest BCUT2D eigenvalue weighted by atomic mass is 32.2. The molecule has 0 spiro atoms. The van der Waals surface area contributed by atoms with Gasteiger partial charge >= 0.3 is 0 Å². The highest BCUT2D eigenvalue weighted by Gasteiger charge is 2.14. The molecule has 0 aliphatic heterocycles. The predicted molar refractivity (Wildman–Crippen MR) is 97.2 cm³/mol. The molecule has 27 heavy (non-hydrogen) atoms. The smallest absolute Gasteiger partial charge is 0.231 e. The summed E-state index contributed by atoms with van der Waals surface area (Å²) in [5, 5.41) is 11.8. The van der Waals surface area contributed by atoms with Gasteiger partial charge in [-0.05, 0) is 53.7 Å². The van der Waals surface area contributed by atoms with Gasteiger partial charge in [-0.15, -0.1) is 10.2 Å². The minimum Gasteiger partial charge on any atom is -0.292 e. The summed E-state index contributed by atoms with van der Waals surface area (Å²) >= 11 is 0. The zero-order valence-corrected chi connectivity index (χ0v) is 15.4. The van der Waals surface area contributed by atoms with Crippen LogP contribution in [0.1, 0.15) is 10.4 Å². The molecule has 0 radical (unpaired) electrons. The van der Waals surface area contributed by atoms with E-state index >= 15 is 0 Å². The topological polar surface area (TPSA) is 98.1 Å². The van der Waals surface area contributed by atoms with Gasteiger partial charge in [0.05, 0.1) is 11.9 Å². The molecular weight excluding hydrogens is 373 g/mol. The Morgan fingerprint density at radius 1 is 1.11 bits per heavy atom. The Labute approximate surface area is 155 Å². The SMILES string of the molecule is CN(c1ccc(C(=O)Cn2nnc(-c3ccc(F)cc3)n2)cc1)S(C)(=O)=O. The van der Waals surface area contributed by atoms with Crippen LogP contribution < -0.4 is 4.31 Å². The highest BCUT2D eigenvalue weighted by Crippen LogP contribution is 2.17. The van der Waals surface area contributed by atoms with Crippen LogP contribution in [0.5, 0.6) is 0 Å². The lowest BCUT2D eigenvalue weighted by Gasteiger charge is -2.16. The lowest BCUT2D eigenvalue weighted by molar-refractivity contribution is 0.0961. The third-order valence-electron chi connectivity index (χ3n) is 3.89. The van der Waals surface area contributed by atoms with Gasteiger partial charge < -0.3 is 0 Å². The number of halogens is 1. The number of aromatic nitrogens is 4. The van der Waals surface area contributed by atoms with E-state index in [9.17, 15) is 17.6 Å². The Balaban J connectivity index is 1.71. The largest absolute Gasteiger partial charge is 0.292 e. The van der Waals surface area contributed by atoms with Crippen LogP contribution >= 0.6 is 0 Å². The first kappa shape index (κ1) is 18.6. The van der Waals surface area contributed by atoms with Gasteiger partial charge in [0.15, 0.2) is 5.78 Å². The molecule has 0 N–H and O–H groups in total. The fourth-order valence-electron chi connectivity index (χ4n) is 2.29. The molecule has 8 nitrogen and oxygen atoms in total. The maximum Gasteiger partial charge on any atom is 0.231 e. The minimum atomic E-state index is -3.37. The molecule has 0 amide bonds. The second-order valence-corrected chi connectivity index (χ2v) is 7.86. The number of nitrogens with zero attached hydrogens (tertiary/aromatic N) is 5. The van der Waals surface area contributed by atoms with Crippen LogP contribution in [0.2, 0.25) is 0 Å². The molecule has 0 aliphatic rings. The van der Waals surface area contributed by atoms with Crippen LogP contribution in [0.4, 0.5) is 10.1 Å². The molecule has 3 rings (SSSR count). The number of tetrazole rings is 1. The van der Waals surface area contributed by atoms with Crippen LogP contribution in [-0.4, -0.2) is 47.7 Å². The van der Waals surface area contributed by atoms with Gasteiger partial charge in [0.25, 0.3) is 0 Å². The predicted octanol–water partition coefficient (Wildman–Crippen LogP) is 1.76. The van der Waals surface area contributed by atoms with Crippen molar-refractivity contribution in [2.75, 3.05) is 17.6 Å². The third kappa shape index (κ3) is 4.34. The number of sulfonamides is 1. The van der Waals surface area contributed by atoms with Crippen molar-refractivity contribution < 1.29 is 17.6 Å². The molecule has 0 fully saturated rings. The molecule has 0 saturated carbocycles. The van der Waals surface area contributed by atoms with E-state index in [4.69, 9.17) is 0 Å². The first-order valence-electron chi connectivity index (χ1n) is 7.85. The van der Waals surface area contributed by atoms with E-state index in [2.05, 4.69) is 15.4 Å². The van der Waals surface area contributed by atoms with Crippen molar-refractivity contribution in [1.29, 1.82) is 0 Å². The molecule has 0 saturated heterocycles. The molecule has 0 unspecified atom stereocenters. The van der Waals surface area contributed by atoms with Crippen molar-refractivity contribution in [3.05, 3.63) is 59.9 Å². The van der Waals surface area contributed by atoms with Crippen molar-refractivity contribution in [3.8, 4) is 11.4 Å². The van der Waals surface area contributed by atoms with E-state index in [-0.39, 0.29) is 24.0 Å². The molecule has 0 bridgehead atoms. The molecule has 10 heteroatoms. The number of anilines is 1. The quantitative estimate of drug-likeness (QED) is 0.596. The summed E-state index contributed by atoms with van der Waals surface area (Å²) in [6, 6.07) is 11.8. The van der Waals surface area contributed by atoms with E-state index in [1.165, 1.54) is 43.4 Å². The van der Waals surface area contributed by atoms with Gasteiger partial charge in [-0.3, -0.25) is 9.10 Å². The Hall–Kier alpha value is -3.14. The van der Waals surface area contributed by atoms with Gasteiger partial charge in [-0.1, -0.05) is 0 Å². The molecular formula is C17H16FN5O3S.